The van der Waals surface area contributed by atoms with E-state index in [4.69, 9.17) is 9.47 Å². The Morgan fingerprint density at radius 3 is 2.80 bits per heavy atom. The normalized spacial score (nSPS) is 15.8. The van der Waals surface area contributed by atoms with Crippen molar-refractivity contribution in [3.63, 3.8) is 0 Å². The molecule has 1 fully saturated rings. The first-order chi connectivity index (χ1) is 14.5. The summed E-state index contributed by atoms with van der Waals surface area (Å²) < 4.78 is 11.2. The largest absolute Gasteiger partial charge is 0.497 e. The minimum absolute atomic E-state index is 0.100. The maximum Gasteiger partial charge on any atom is 0.272 e. The van der Waals surface area contributed by atoms with E-state index in [9.17, 15) is 4.79 Å². The number of methoxy groups -OCH3 is 1. The summed E-state index contributed by atoms with van der Waals surface area (Å²) in [5, 5.41) is 15.3. The molecule has 2 aromatic heterocycles. The van der Waals surface area contributed by atoms with Gasteiger partial charge in [-0.3, -0.25) is 9.89 Å². The number of nitrogens with one attached hydrogen (secondary N) is 1. The second kappa shape index (κ2) is 8.40. The van der Waals surface area contributed by atoms with Gasteiger partial charge in [0.15, 0.2) is 5.82 Å². The zero-order valence-electron chi connectivity index (χ0n) is 17.2. The van der Waals surface area contributed by atoms with Crippen molar-refractivity contribution in [1.29, 1.82) is 0 Å². The monoisotopic (exact) mass is 408 g/mol. The molecule has 4 rings (SSSR count). The van der Waals surface area contributed by atoms with E-state index in [2.05, 4.69) is 20.4 Å². The molecule has 1 aromatic carbocycles. The number of benzene rings is 1. The SMILES string of the molecule is COc1cccc(-c2cc(C(=O)N3CCC(Oc4ccc(N(C)C)nn4)C3)[nH]n2)c1. The molecule has 156 valence electrons. The number of nitrogens with zero attached hydrogens (tertiary/aromatic N) is 5. The number of H-pyrrole nitrogens is 1. The van der Waals surface area contributed by atoms with Gasteiger partial charge in [0.25, 0.3) is 5.91 Å². The van der Waals surface area contributed by atoms with Gasteiger partial charge in [0.1, 0.15) is 17.5 Å². The highest BCUT2D eigenvalue weighted by atomic mass is 16.5. The Bertz CT molecular complexity index is 1020. The summed E-state index contributed by atoms with van der Waals surface area (Å²) in [6, 6.07) is 13.0. The third kappa shape index (κ3) is 4.19. The van der Waals surface area contributed by atoms with Crippen LogP contribution in [-0.4, -0.2) is 71.6 Å². The molecular formula is C21H24N6O3. The number of rotatable bonds is 6. The van der Waals surface area contributed by atoms with Crippen LogP contribution in [0, 0.1) is 0 Å². The lowest BCUT2D eigenvalue weighted by Gasteiger charge is -2.16. The molecule has 0 spiro atoms. The minimum atomic E-state index is -0.116. The minimum Gasteiger partial charge on any atom is -0.497 e. The maximum atomic E-state index is 12.9. The molecule has 30 heavy (non-hydrogen) atoms. The van der Waals surface area contributed by atoms with Gasteiger partial charge in [-0.1, -0.05) is 12.1 Å². The van der Waals surface area contributed by atoms with Crippen molar-refractivity contribution in [2.45, 2.75) is 12.5 Å². The molecule has 1 amide bonds. The van der Waals surface area contributed by atoms with Crippen LogP contribution in [0.3, 0.4) is 0 Å². The standard InChI is InChI=1S/C21H24N6O3/c1-26(2)19-7-8-20(25-24-19)30-16-9-10-27(13-16)21(28)18-12-17(22-23-18)14-5-4-6-15(11-14)29-3/h4-8,11-12,16H,9-10,13H2,1-3H3,(H,22,23). The van der Waals surface area contributed by atoms with Crippen molar-refractivity contribution >= 4 is 11.7 Å². The average molecular weight is 408 g/mol. The van der Waals surface area contributed by atoms with Crippen LogP contribution >= 0.6 is 0 Å². The van der Waals surface area contributed by atoms with Crippen LogP contribution in [0.5, 0.6) is 11.6 Å². The van der Waals surface area contributed by atoms with Gasteiger partial charge in [-0.05, 0) is 24.3 Å². The van der Waals surface area contributed by atoms with Gasteiger partial charge in [0, 0.05) is 38.7 Å². The number of carbonyl (C=O) groups is 1. The molecule has 1 unspecified atom stereocenters. The van der Waals surface area contributed by atoms with Gasteiger partial charge < -0.3 is 19.3 Å². The number of anilines is 1. The zero-order valence-corrected chi connectivity index (χ0v) is 17.2. The summed E-state index contributed by atoms with van der Waals surface area (Å²) in [5.74, 6) is 1.86. The fraction of sp³-hybridized carbons (Fsp3) is 0.333. The number of aromatic nitrogens is 4. The van der Waals surface area contributed by atoms with E-state index >= 15 is 0 Å². The molecule has 1 aliphatic rings. The highest BCUT2D eigenvalue weighted by Crippen LogP contribution is 2.24. The van der Waals surface area contributed by atoms with Crippen LogP contribution in [0.4, 0.5) is 5.82 Å². The molecule has 9 nitrogen and oxygen atoms in total. The molecule has 1 atom stereocenters. The predicted octanol–water partition coefficient (Wildman–Crippen LogP) is 2.23. The number of hydrogen-bond donors (Lipinski definition) is 1. The molecule has 0 bridgehead atoms. The molecule has 0 saturated carbocycles. The Kier molecular flexibility index (Phi) is 5.51. The van der Waals surface area contributed by atoms with Crippen LogP contribution in [0.25, 0.3) is 11.3 Å². The van der Waals surface area contributed by atoms with Gasteiger partial charge >= 0.3 is 0 Å². The van der Waals surface area contributed by atoms with E-state index in [1.807, 2.05) is 49.3 Å². The Morgan fingerprint density at radius 1 is 1.20 bits per heavy atom. The van der Waals surface area contributed by atoms with Crippen LogP contribution < -0.4 is 14.4 Å². The van der Waals surface area contributed by atoms with Crippen molar-refractivity contribution in [2.24, 2.45) is 0 Å². The smallest absolute Gasteiger partial charge is 0.272 e. The van der Waals surface area contributed by atoms with Gasteiger partial charge in [0.2, 0.25) is 5.88 Å². The summed E-state index contributed by atoms with van der Waals surface area (Å²) in [7, 11) is 5.42. The lowest BCUT2D eigenvalue weighted by Crippen LogP contribution is -2.31. The van der Waals surface area contributed by atoms with E-state index in [0.717, 1.165) is 23.6 Å². The first-order valence-electron chi connectivity index (χ1n) is 9.70. The maximum absolute atomic E-state index is 12.9. The van der Waals surface area contributed by atoms with E-state index in [0.29, 0.717) is 30.4 Å². The summed E-state index contributed by atoms with van der Waals surface area (Å²) in [6.07, 6.45) is 0.619. The molecule has 3 aromatic rings. The molecule has 3 heterocycles. The molecule has 1 aliphatic heterocycles. The molecule has 1 N–H and O–H groups in total. The first-order valence-corrected chi connectivity index (χ1v) is 9.70. The summed E-state index contributed by atoms with van der Waals surface area (Å²) in [6.45, 7) is 1.10. The lowest BCUT2D eigenvalue weighted by molar-refractivity contribution is 0.0765. The zero-order chi connectivity index (χ0) is 21.1. The van der Waals surface area contributed by atoms with Crippen molar-refractivity contribution in [2.75, 3.05) is 39.2 Å². The number of aromatic amines is 1. The van der Waals surface area contributed by atoms with Gasteiger partial charge in [-0.25, -0.2) is 0 Å². The van der Waals surface area contributed by atoms with Crippen molar-refractivity contribution in [3.05, 3.63) is 48.2 Å². The summed E-state index contributed by atoms with van der Waals surface area (Å²) in [5.41, 5.74) is 2.02. The second-order valence-corrected chi connectivity index (χ2v) is 7.30. The first kappa shape index (κ1) is 19.7. The topological polar surface area (TPSA) is 96.5 Å². The molecule has 9 heteroatoms. The molecule has 0 aliphatic carbocycles. The number of likely N-dealkylation sites (tertiary alicyclic amines) is 1. The fourth-order valence-electron chi connectivity index (χ4n) is 3.33. The summed E-state index contributed by atoms with van der Waals surface area (Å²) in [4.78, 5) is 16.5. The van der Waals surface area contributed by atoms with Gasteiger partial charge in [-0.15, -0.1) is 10.2 Å². The van der Waals surface area contributed by atoms with Crippen LogP contribution in [0.1, 0.15) is 16.9 Å². The number of hydrogen-bond acceptors (Lipinski definition) is 7. The number of carbonyl (C=O) groups excluding carboxylic acids is 1. The fourth-order valence-corrected chi connectivity index (χ4v) is 3.33. The van der Waals surface area contributed by atoms with E-state index in [1.54, 1.807) is 24.1 Å². The van der Waals surface area contributed by atoms with Gasteiger partial charge in [0.05, 0.1) is 19.3 Å². The quantitative estimate of drug-likeness (QED) is 0.668. The molecule has 1 saturated heterocycles. The Morgan fingerprint density at radius 2 is 2.07 bits per heavy atom. The van der Waals surface area contributed by atoms with E-state index in [1.165, 1.54) is 0 Å². The van der Waals surface area contributed by atoms with Crippen LogP contribution in [0.2, 0.25) is 0 Å². The Labute approximate surface area is 174 Å². The third-order valence-electron chi connectivity index (χ3n) is 4.98. The summed E-state index contributed by atoms with van der Waals surface area (Å²) >= 11 is 0. The third-order valence-corrected chi connectivity index (χ3v) is 4.98. The Hall–Kier alpha value is -3.62. The number of ether oxygens (including phenoxy) is 2. The van der Waals surface area contributed by atoms with Crippen molar-refractivity contribution in [1.82, 2.24) is 25.3 Å². The lowest BCUT2D eigenvalue weighted by atomic mass is 10.1. The Balaban J connectivity index is 1.38. The highest BCUT2D eigenvalue weighted by molar-refractivity contribution is 5.93. The molecular weight excluding hydrogens is 384 g/mol. The van der Waals surface area contributed by atoms with Gasteiger partial charge in [-0.2, -0.15) is 5.10 Å². The van der Waals surface area contributed by atoms with Crippen molar-refractivity contribution < 1.29 is 14.3 Å². The van der Waals surface area contributed by atoms with E-state index < -0.39 is 0 Å². The predicted molar refractivity (Wildman–Crippen MR) is 112 cm³/mol. The average Bonchev–Trinajstić information content (AvgIpc) is 3.44. The molecule has 0 radical (unpaired) electrons. The van der Waals surface area contributed by atoms with Crippen LogP contribution in [0.15, 0.2) is 42.5 Å². The van der Waals surface area contributed by atoms with Crippen molar-refractivity contribution in [3.8, 4) is 22.9 Å². The second-order valence-electron chi connectivity index (χ2n) is 7.30. The number of amides is 1. The highest BCUT2D eigenvalue weighted by Gasteiger charge is 2.29. The van der Waals surface area contributed by atoms with E-state index in [-0.39, 0.29) is 12.0 Å². The van der Waals surface area contributed by atoms with Crippen LogP contribution in [-0.2, 0) is 0 Å².